The topological polar surface area (TPSA) is 76.1 Å². The highest BCUT2D eigenvalue weighted by atomic mass is 16.5. The zero-order valence-corrected chi connectivity index (χ0v) is 18.4. The van der Waals surface area contributed by atoms with Crippen LogP contribution in [-0.4, -0.2) is 48.1 Å². The molecule has 6 heteroatoms. The molecule has 0 spiro atoms. The Morgan fingerprint density at radius 1 is 1.06 bits per heavy atom. The zero-order chi connectivity index (χ0) is 22.5. The number of ether oxygens (including phenoxy) is 2. The summed E-state index contributed by atoms with van der Waals surface area (Å²) in [5.74, 6) is -0.887. The number of nitrogens with zero attached hydrogens (tertiary/aromatic N) is 1. The molecule has 0 radical (unpaired) electrons. The average molecular weight is 424 g/mol. The maximum absolute atomic E-state index is 13.0. The van der Waals surface area contributed by atoms with Crippen molar-refractivity contribution in [3.05, 3.63) is 70.8 Å². The van der Waals surface area contributed by atoms with Crippen LogP contribution in [0, 0.1) is 0 Å². The number of aryl methyl sites for hydroxylation is 1. The molecule has 31 heavy (non-hydrogen) atoms. The number of ketones is 1. The van der Waals surface area contributed by atoms with Gasteiger partial charge in [-0.3, -0.25) is 9.59 Å². The summed E-state index contributed by atoms with van der Waals surface area (Å²) in [5.41, 5.74) is 2.46. The number of benzene rings is 2. The van der Waals surface area contributed by atoms with Gasteiger partial charge in [0.15, 0.2) is 0 Å². The molecule has 0 aliphatic carbocycles. The fourth-order valence-electron chi connectivity index (χ4n) is 3.68. The van der Waals surface area contributed by atoms with E-state index in [2.05, 4.69) is 6.92 Å². The van der Waals surface area contributed by atoms with Crippen LogP contribution in [0.2, 0.25) is 0 Å². The van der Waals surface area contributed by atoms with Crippen LogP contribution in [0.4, 0.5) is 0 Å². The SMILES string of the molecule is CCc1ccc(C2/C(=C(/O)c3ccc(OC)cc3)C(=O)C(=O)N2CCOC(C)C)cc1. The Balaban J connectivity index is 2.06. The van der Waals surface area contributed by atoms with Crippen molar-refractivity contribution in [3.63, 3.8) is 0 Å². The molecule has 0 saturated carbocycles. The highest BCUT2D eigenvalue weighted by molar-refractivity contribution is 6.46. The zero-order valence-electron chi connectivity index (χ0n) is 18.4. The molecular weight excluding hydrogens is 394 g/mol. The Kier molecular flexibility index (Phi) is 7.13. The van der Waals surface area contributed by atoms with Gasteiger partial charge in [-0.25, -0.2) is 0 Å². The van der Waals surface area contributed by atoms with Crippen molar-refractivity contribution in [1.29, 1.82) is 0 Å². The first-order chi connectivity index (χ1) is 14.9. The van der Waals surface area contributed by atoms with Crippen LogP contribution in [-0.2, 0) is 20.7 Å². The van der Waals surface area contributed by atoms with Gasteiger partial charge >= 0.3 is 0 Å². The molecule has 0 bridgehead atoms. The number of aliphatic hydroxyl groups is 1. The molecule has 1 fully saturated rings. The van der Waals surface area contributed by atoms with Crippen LogP contribution in [0.1, 0.15) is 43.5 Å². The van der Waals surface area contributed by atoms with Gasteiger partial charge in [-0.2, -0.15) is 0 Å². The first-order valence-electron chi connectivity index (χ1n) is 10.5. The van der Waals surface area contributed by atoms with E-state index in [0.717, 1.165) is 17.5 Å². The minimum absolute atomic E-state index is 0.0124. The number of methoxy groups -OCH3 is 1. The summed E-state index contributed by atoms with van der Waals surface area (Å²) in [6.07, 6.45) is 0.896. The summed E-state index contributed by atoms with van der Waals surface area (Å²) in [6, 6.07) is 13.8. The highest BCUT2D eigenvalue weighted by Crippen LogP contribution is 2.39. The van der Waals surface area contributed by atoms with Crippen molar-refractivity contribution in [1.82, 2.24) is 4.90 Å². The molecule has 1 aliphatic heterocycles. The first-order valence-corrected chi connectivity index (χ1v) is 10.5. The molecule has 1 aliphatic rings. The van der Waals surface area contributed by atoms with E-state index in [4.69, 9.17) is 9.47 Å². The van der Waals surface area contributed by atoms with Crippen LogP contribution in [0.25, 0.3) is 5.76 Å². The van der Waals surface area contributed by atoms with E-state index in [1.165, 1.54) is 4.90 Å². The number of amides is 1. The van der Waals surface area contributed by atoms with Crippen LogP contribution in [0.3, 0.4) is 0 Å². The minimum atomic E-state index is -0.692. The van der Waals surface area contributed by atoms with Gasteiger partial charge < -0.3 is 19.5 Å². The van der Waals surface area contributed by atoms with E-state index >= 15 is 0 Å². The highest BCUT2D eigenvalue weighted by Gasteiger charge is 2.45. The summed E-state index contributed by atoms with van der Waals surface area (Å²) in [6.45, 7) is 6.45. The molecule has 1 N–H and O–H groups in total. The lowest BCUT2D eigenvalue weighted by Crippen LogP contribution is -2.33. The van der Waals surface area contributed by atoms with E-state index in [9.17, 15) is 14.7 Å². The van der Waals surface area contributed by atoms with E-state index in [1.807, 2.05) is 38.1 Å². The van der Waals surface area contributed by atoms with Crippen molar-refractivity contribution in [2.75, 3.05) is 20.3 Å². The van der Waals surface area contributed by atoms with E-state index in [0.29, 0.717) is 17.9 Å². The smallest absolute Gasteiger partial charge is 0.295 e. The van der Waals surface area contributed by atoms with Gasteiger partial charge in [-0.1, -0.05) is 31.2 Å². The predicted molar refractivity (Wildman–Crippen MR) is 119 cm³/mol. The molecule has 164 valence electrons. The maximum atomic E-state index is 13.0. The number of rotatable bonds is 8. The lowest BCUT2D eigenvalue weighted by molar-refractivity contribution is -0.140. The fourth-order valence-corrected chi connectivity index (χ4v) is 3.68. The lowest BCUT2D eigenvalue weighted by Gasteiger charge is -2.26. The molecule has 0 aromatic heterocycles. The van der Waals surface area contributed by atoms with Crippen LogP contribution in [0.15, 0.2) is 54.1 Å². The number of aliphatic hydroxyl groups excluding tert-OH is 1. The molecule has 1 unspecified atom stereocenters. The summed E-state index contributed by atoms with van der Waals surface area (Å²) < 4.78 is 10.8. The molecule has 1 atom stereocenters. The Labute approximate surface area is 183 Å². The third-order valence-corrected chi connectivity index (χ3v) is 5.39. The van der Waals surface area contributed by atoms with Gasteiger partial charge in [0.25, 0.3) is 11.7 Å². The molecule has 1 saturated heterocycles. The second-order valence-corrected chi connectivity index (χ2v) is 7.74. The van der Waals surface area contributed by atoms with Gasteiger partial charge in [-0.05, 0) is 55.7 Å². The molecule has 2 aromatic rings. The largest absolute Gasteiger partial charge is 0.507 e. The molecule has 2 aromatic carbocycles. The minimum Gasteiger partial charge on any atom is -0.507 e. The van der Waals surface area contributed by atoms with E-state index < -0.39 is 17.7 Å². The van der Waals surface area contributed by atoms with Gasteiger partial charge in [0, 0.05) is 12.1 Å². The predicted octanol–water partition coefficient (Wildman–Crippen LogP) is 4.10. The summed E-state index contributed by atoms with van der Waals surface area (Å²) in [5, 5.41) is 11.0. The first kappa shape index (κ1) is 22.6. The normalized spacial score (nSPS) is 18.1. The second kappa shape index (κ2) is 9.79. The van der Waals surface area contributed by atoms with Gasteiger partial charge in [-0.15, -0.1) is 0 Å². The maximum Gasteiger partial charge on any atom is 0.295 e. The number of likely N-dealkylation sites (tertiary alicyclic amines) is 1. The Morgan fingerprint density at radius 2 is 1.71 bits per heavy atom. The number of Topliss-reactive ketones (excluding diaryl/α,β-unsaturated/α-hetero) is 1. The number of hydrogen-bond acceptors (Lipinski definition) is 5. The van der Waals surface area contributed by atoms with Crippen molar-refractivity contribution in [3.8, 4) is 5.75 Å². The van der Waals surface area contributed by atoms with Gasteiger partial charge in [0.2, 0.25) is 0 Å². The number of carbonyl (C=O) groups is 2. The second-order valence-electron chi connectivity index (χ2n) is 7.74. The van der Waals surface area contributed by atoms with E-state index in [-0.39, 0.29) is 24.0 Å². The van der Waals surface area contributed by atoms with Crippen LogP contribution in [0.5, 0.6) is 5.75 Å². The number of carbonyl (C=O) groups excluding carboxylic acids is 2. The molecule has 3 rings (SSSR count). The average Bonchev–Trinajstić information content (AvgIpc) is 3.03. The Morgan fingerprint density at radius 3 is 2.26 bits per heavy atom. The fraction of sp³-hybridized carbons (Fsp3) is 0.360. The number of hydrogen-bond donors (Lipinski definition) is 1. The van der Waals surface area contributed by atoms with Gasteiger partial charge in [0.05, 0.1) is 31.4 Å². The molecule has 1 heterocycles. The van der Waals surface area contributed by atoms with Crippen molar-refractivity contribution < 1.29 is 24.2 Å². The molecular formula is C25H29NO5. The summed E-state index contributed by atoms with van der Waals surface area (Å²) >= 11 is 0. The van der Waals surface area contributed by atoms with Crippen LogP contribution >= 0.6 is 0 Å². The van der Waals surface area contributed by atoms with Crippen molar-refractivity contribution >= 4 is 17.4 Å². The van der Waals surface area contributed by atoms with E-state index in [1.54, 1.807) is 31.4 Å². The summed E-state index contributed by atoms with van der Waals surface area (Å²) in [4.78, 5) is 27.4. The third-order valence-electron chi connectivity index (χ3n) is 5.39. The third kappa shape index (κ3) is 4.80. The Hall–Kier alpha value is -3.12. The monoisotopic (exact) mass is 423 g/mol. The standard InChI is InChI=1S/C25H29NO5/c1-5-17-6-8-18(9-7-17)22-21(23(27)19-10-12-20(30-4)13-11-19)24(28)25(29)26(22)14-15-31-16(2)3/h6-13,16,22,27H,5,14-15H2,1-4H3/b23-21-. The quantitative estimate of drug-likeness (QED) is 0.393. The molecule has 1 amide bonds. The van der Waals surface area contributed by atoms with Crippen LogP contribution < -0.4 is 4.74 Å². The van der Waals surface area contributed by atoms with Crippen molar-refractivity contribution in [2.24, 2.45) is 0 Å². The van der Waals surface area contributed by atoms with Gasteiger partial charge in [0.1, 0.15) is 11.5 Å². The van der Waals surface area contributed by atoms with Crippen molar-refractivity contribution in [2.45, 2.75) is 39.3 Å². The lowest BCUT2D eigenvalue weighted by atomic mass is 9.94. The summed E-state index contributed by atoms with van der Waals surface area (Å²) in [7, 11) is 1.56. The molecule has 6 nitrogen and oxygen atoms in total. The Bertz CT molecular complexity index is 960.